The van der Waals surface area contributed by atoms with Gasteiger partial charge in [0, 0.05) is 19.3 Å². The van der Waals surface area contributed by atoms with Gasteiger partial charge in [0.25, 0.3) is 0 Å². The molecule has 0 N–H and O–H groups in total. The lowest BCUT2D eigenvalue weighted by Gasteiger charge is -2.18. The summed E-state index contributed by atoms with van der Waals surface area (Å²) in [7, 11) is 0. The van der Waals surface area contributed by atoms with Crippen LogP contribution in [-0.4, -0.2) is 37.2 Å². The van der Waals surface area contributed by atoms with Crippen molar-refractivity contribution in [2.45, 2.75) is 258 Å². The topological polar surface area (TPSA) is 78.9 Å². The molecule has 0 aromatic heterocycles. The average Bonchev–Trinajstić information content (AvgIpc) is 3.28. The molecular formula is C57H98O6. The van der Waals surface area contributed by atoms with Gasteiger partial charge in [-0.25, -0.2) is 0 Å². The number of ether oxygens (including phenoxy) is 3. The first-order valence-electron chi connectivity index (χ1n) is 26.4. The second kappa shape index (κ2) is 51.5. The van der Waals surface area contributed by atoms with E-state index in [0.717, 1.165) is 89.9 Å². The summed E-state index contributed by atoms with van der Waals surface area (Å²) >= 11 is 0. The predicted molar refractivity (Wildman–Crippen MR) is 270 cm³/mol. The fourth-order valence-electron chi connectivity index (χ4n) is 7.21. The van der Waals surface area contributed by atoms with E-state index in [-0.39, 0.29) is 37.5 Å². The summed E-state index contributed by atoms with van der Waals surface area (Å²) in [6.07, 6.45) is 64.7. The summed E-state index contributed by atoms with van der Waals surface area (Å²) in [5.74, 6) is -1.00. The van der Waals surface area contributed by atoms with Gasteiger partial charge in [-0.1, -0.05) is 209 Å². The molecule has 0 aliphatic carbocycles. The van der Waals surface area contributed by atoms with Crippen molar-refractivity contribution in [3.8, 4) is 0 Å². The Kier molecular flexibility index (Phi) is 48.9. The predicted octanol–water partition coefficient (Wildman–Crippen LogP) is 17.4. The average molecular weight is 879 g/mol. The van der Waals surface area contributed by atoms with Gasteiger partial charge in [-0.3, -0.25) is 14.4 Å². The third-order valence-electron chi connectivity index (χ3n) is 11.2. The number of esters is 3. The Bertz CT molecular complexity index is 1190. The van der Waals surface area contributed by atoms with E-state index >= 15 is 0 Å². The van der Waals surface area contributed by atoms with Crippen LogP contribution >= 0.6 is 0 Å². The zero-order valence-electron chi connectivity index (χ0n) is 41.3. The Balaban J connectivity index is 4.45. The van der Waals surface area contributed by atoms with E-state index in [4.69, 9.17) is 14.2 Å². The van der Waals surface area contributed by atoms with Crippen LogP contribution in [0.1, 0.15) is 252 Å². The molecule has 6 nitrogen and oxygen atoms in total. The second-order valence-electron chi connectivity index (χ2n) is 17.4. The Morgan fingerprint density at radius 3 is 1.08 bits per heavy atom. The summed E-state index contributed by atoms with van der Waals surface area (Å²) in [5.41, 5.74) is 0. The maximum Gasteiger partial charge on any atom is 0.306 e. The number of carbonyl (C=O) groups is 3. The summed E-state index contributed by atoms with van der Waals surface area (Å²) in [5, 5.41) is 0. The van der Waals surface area contributed by atoms with Gasteiger partial charge in [0.15, 0.2) is 6.10 Å². The van der Waals surface area contributed by atoms with E-state index < -0.39 is 6.10 Å². The van der Waals surface area contributed by atoms with Gasteiger partial charge in [0.1, 0.15) is 13.2 Å². The quantitative estimate of drug-likeness (QED) is 0.0262. The number of hydrogen-bond acceptors (Lipinski definition) is 6. The molecule has 0 amide bonds. The summed E-state index contributed by atoms with van der Waals surface area (Å²) in [6, 6.07) is 0. The molecule has 0 spiro atoms. The molecule has 63 heavy (non-hydrogen) atoms. The highest BCUT2D eigenvalue weighted by Crippen LogP contribution is 2.14. The van der Waals surface area contributed by atoms with Crippen molar-refractivity contribution in [3.63, 3.8) is 0 Å². The third-order valence-corrected chi connectivity index (χ3v) is 11.2. The van der Waals surface area contributed by atoms with Crippen molar-refractivity contribution in [3.05, 3.63) is 72.9 Å². The molecule has 6 heteroatoms. The minimum atomic E-state index is -0.812. The first-order chi connectivity index (χ1) is 31.0. The highest BCUT2D eigenvalue weighted by atomic mass is 16.6. The van der Waals surface area contributed by atoms with Gasteiger partial charge in [-0.15, -0.1) is 0 Å². The Morgan fingerprint density at radius 2 is 0.651 bits per heavy atom. The van der Waals surface area contributed by atoms with Crippen LogP contribution in [0.2, 0.25) is 0 Å². The minimum absolute atomic E-state index is 0.106. The van der Waals surface area contributed by atoms with Gasteiger partial charge in [-0.2, -0.15) is 0 Å². The molecule has 362 valence electrons. The molecule has 0 radical (unpaired) electrons. The van der Waals surface area contributed by atoms with Crippen molar-refractivity contribution in [1.82, 2.24) is 0 Å². The molecule has 0 heterocycles. The van der Waals surface area contributed by atoms with E-state index in [2.05, 4.69) is 87.6 Å². The second-order valence-corrected chi connectivity index (χ2v) is 17.4. The third kappa shape index (κ3) is 49.7. The molecule has 1 unspecified atom stereocenters. The van der Waals surface area contributed by atoms with E-state index in [1.807, 2.05) is 6.08 Å². The van der Waals surface area contributed by atoms with Crippen molar-refractivity contribution in [2.75, 3.05) is 13.2 Å². The van der Waals surface area contributed by atoms with Crippen molar-refractivity contribution >= 4 is 17.9 Å². The van der Waals surface area contributed by atoms with Crippen LogP contribution in [0.25, 0.3) is 0 Å². The molecule has 0 aliphatic rings. The molecule has 0 aromatic rings. The Morgan fingerprint density at radius 1 is 0.333 bits per heavy atom. The van der Waals surface area contributed by atoms with E-state index in [1.54, 1.807) is 0 Å². The maximum atomic E-state index is 12.8. The summed E-state index contributed by atoms with van der Waals surface area (Å²) in [6.45, 7) is 6.44. The van der Waals surface area contributed by atoms with Crippen molar-refractivity contribution < 1.29 is 28.6 Å². The largest absolute Gasteiger partial charge is 0.462 e. The molecule has 0 rings (SSSR count). The highest BCUT2D eigenvalue weighted by molar-refractivity contribution is 5.71. The fraction of sp³-hybridized carbons (Fsp3) is 0.737. The van der Waals surface area contributed by atoms with E-state index in [0.29, 0.717) is 19.3 Å². The molecule has 0 aliphatic heterocycles. The normalized spacial score (nSPS) is 12.6. The number of unbranched alkanes of at least 4 members (excludes halogenated alkanes) is 24. The number of allylic oxidation sites excluding steroid dienone is 12. The van der Waals surface area contributed by atoms with Crippen LogP contribution in [0.15, 0.2) is 72.9 Å². The molecule has 1 atom stereocenters. The molecule has 0 saturated heterocycles. The van der Waals surface area contributed by atoms with Crippen LogP contribution in [0.4, 0.5) is 0 Å². The Labute approximate surface area is 389 Å². The summed E-state index contributed by atoms with van der Waals surface area (Å²) < 4.78 is 16.7. The fourth-order valence-corrected chi connectivity index (χ4v) is 7.21. The maximum absolute atomic E-state index is 12.8. The lowest BCUT2D eigenvalue weighted by Crippen LogP contribution is -2.30. The van der Waals surface area contributed by atoms with Gasteiger partial charge in [0.05, 0.1) is 0 Å². The van der Waals surface area contributed by atoms with Gasteiger partial charge >= 0.3 is 17.9 Å². The van der Waals surface area contributed by atoms with Crippen molar-refractivity contribution in [1.29, 1.82) is 0 Å². The zero-order valence-corrected chi connectivity index (χ0v) is 41.3. The van der Waals surface area contributed by atoms with Gasteiger partial charge < -0.3 is 14.2 Å². The first-order valence-corrected chi connectivity index (χ1v) is 26.4. The SMILES string of the molecule is CC/C=C/C/C=C/C/C=C/CCCCCCC(=O)OC(COC(=O)CC/C=C/C/C=C/CCCCCCCC)COC(=O)CCCCCCC/C=C/CCCCCCCCCCC. The van der Waals surface area contributed by atoms with Crippen LogP contribution < -0.4 is 0 Å². The van der Waals surface area contributed by atoms with Crippen LogP contribution in [-0.2, 0) is 28.6 Å². The number of carbonyl (C=O) groups excluding carboxylic acids is 3. The molecular weight excluding hydrogens is 781 g/mol. The lowest BCUT2D eigenvalue weighted by atomic mass is 10.1. The molecule has 0 saturated carbocycles. The van der Waals surface area contributed by atoms with Gasteiger partial charge in [-0.05, 0) is 96.3 Å². The highest BCUT2D eigenvalue weighted by Gasteiger charge is 2.19. The van der Waals surface area contributed by atoms with E-state index in [9.17, 15) is 14.4 Å². The molecule has 0 fully saturated rings. The van der Waals surface area contributed by atoms with E-state index in [1.165, 1.54) is 116 Å². The number of rotatable bonds is 47. The van der Waals surface area contributed by atoms with Crippen LogP contribution in [0.5, 0.6) is 0 Å². The Hall–Kier alpha value is -3.15. The van der Waals surface area contributed by atoms with Crippen molar-refractivity contribution in [2.24, 2.45) is 0 Å². The molecule has 0 bridgehead atoms. The first kappa shape index (κ1) is 59.9. The summed E-state index contributed by atoms with van der Waals surface area (Å²) in [4.78, 5) is 37.9. The monoisotopic (exact) mass is 879 g/mol. The number of hydrogen-bond donors (Lipinski definition) is 0. The smallest absolute Gasteiger partial charge is 0.306 e. The van der Waals surface area contributed by atoms with Crippen LogP contribution in [0, 0.1) is 0 Å². The minimum Gasteiger partial charge on any atom is -0.462 e. The standard InChI is InChI=1S/C57H98O6/c1-4-7-10-13-16-19-22-25-27-28-29-30-33-35-38-41-44-47-50-56(59)62-53-54(52-61-55(58)49-46-43-40-37-34-31-24-21-18-15-12-9-6-3)63-57(60)51-48-45-42-39-36-32-26-23-20-17-14-11-8-5-2/h8,11,17,20,26,29-32,34,40,43,54H,4-7,9-10,12-16,18-19,21-25,27-28,33,35-39,41-42,44-53H2,1-3H3/b11-8+,20-17+,30-29+,32-26+,34-31+,43-40+. The zero-order chi connectivity index (χ0) is 45.8. The van der Waals surface area contributed by atoms with Gasteiger partial charge in [0.2, 0.25) is 0 Å². The lowest BCUT2D eigenvalue weighted by molar-refractivity contribution is -0.166. The molecule has 0 aromatic carbocycles. The van der Waals surface area contributed by atoms with Crippen LogP contribution in [0.3, 0.4) is 0 Å².